The highest BCUT2D eigenvalue weighted by Gasteiger charge is 2.38. The lowest BCUT2D eigenvalue weighted by molar-refractivity contribution is -0.193. The smallest absolute Gasteiger partial charge is 0.475 e. The summed E-state index contributed by atoms with van der Waals surface area (Å²) in [6.45, 7) is 3.90. The van der Waals surface area contributed by atoms with Crippen molar-refractivity contribution in [1.29, 1.82) is 0 Å². The highest BCUT2D eigenvalue weighted by atomic mass is 19.4. The monoisotopic (exact) mass is 688 g/mol. The number of benzene rings is 3. The maximum atomic E-state index is 11.9. The van der Waals surface area contributed by atoms with Gasteiger partial charge in [0.15, 0.2) is 0 Å². The molecule has 1 atom stereocenters. The average molecular weight is 689 g/mol. The Labute approximate surface area is 272 Å². The van der Waals surface area contributed by atoms with E-state index in [-0.39, 0.29) is 6.04 Å². The number of pyridine rings is 1. The molecule has 17 heteroatoms. The second-order valence-corrected chi connectivity index (χ2v) is 9.77. The Balaban J connectivity index is 0.000000392. The lowest BCUT2D eigenvalue weighted by Crippen LogP contribution is -2.21. The first kappa shape index (κ1) is 37.1. The molecule has 3 aromatic carbocycles. The Morgan fingerprint density at radius 3 is 2.12 bits per heavy atom. The number of imidazole rings is 1. The summed E-state index contributed by atoms with van der Waals surface area (Å²) in [5.41, 5.74) is 16.2. The highest BCUT2D eigenvalue weighted by molar-refractivity contribution is 5.99. The number of halogens is 6. The van der Waals surface area contributed by atoms with Gasteiger partial charge in [0, 0.05) is 34.6 Å². The highest BCUT2D eigenvalue weighted by Crippen LogP contribution is 2.31. The number of hydrogen-bond acceptors (Lipinski definition) is 7. The summed E-state index contributed by atoms with van der Waals surface area (Å²) in [5.74, 6) is -4.83. The van der Waals surface area contributed by atoms with Gasteiger partial charge in [-0.15, -0.1) is 0 Å². The van der Waals surface area contributed by atoms with Crippen LogP contribution in [0.1, 0.15) is 33.4 Å². The maximum absolute atomic E-state index is 11.9. The number of anilines is 2. The molecule has 2 heterocycles. The minimum Gasteiger partial charge on any atom is -0.475 e. The van der Waals surface area contributed by atoms with Gasteiger partial charge in [0.25, 0.3) is 0 Å². The number of nitrogens with two attached hydrogens (primary N) is 2. The van der Waals surface area contributed by atoms with Crippen LogP contribution in [0.25, 0.3) is 28.1 Å². The zero-order chi connectivity index (χ0) is 36.5. The largest absolute Gasteiger partial charge is 0.490 e. The van der Waals surface area contributed by atoms with Crippen molar-refractivity contribution in [2.75, 3.05) is 11.1 Å². The summed E-state index contributed by atoms with van der Waals surface area (Å²) in [7, 11) is 0. The molecule has 8 N–H and O–H groups in total. The van der Waals surface area contributed by atoms with E-state index in [1.165, 1.54) is 0 Å². The van der Waals surface area contributed by atoms with Crippen LogP contribution in [-0.2, 0) is 9.59 Å². The number of nitrogen functional groups attached to an aromatic ring is 1. The number of nitrogens with zero attached hydrogens (tertiary/aromatic N) is 2. The van der Waals surface area contributed by atoms with Crippen LogP contribution in [0, 0.1) is 0 Å². The van der Waals surface area contributed by atoms with E-state index in [1.807, 2.05) is 60.7 Å². The fourth-order valence-corrected chi connectivity index (χ4v) is 4.18. The fourth-order valence-electron chi connectivity index (χ4n) is 4.18. The Morgan fingerprint density at radius 1 is 0.898 bits per heavy atom. The van der Waals surface area contributed by atoms with E-state index >= 15 is 0 Å². The zero-order valence-electron chi connectivity index (χ0n) is 24.9. The second kappa shape index (κ2) is 15.5. The number of carbonyl (C=O) groups is 3. The number of H-pyrrole nitrogens is 1. The van der Waals surface area contributed by atoms with Crippen molar-refractivity contribution in [3.8, 4) is 11.3 Å². The Kier molecular flexibility index (Phi) is 11.7. The molecule has 49 heavy (non-hydrogen) atoms. The van der Waals surface area contributed by atoms with E-state index in [0.717, 1.165) is 27.6 Å². The van der Waals surface area contributed by atoms with E-state index in [9.17, 15) is 31.1 Å². The van der Waals surface area contributed by atoms with Crippen molar-refractivity contribution in [3.63, 3.8) is 0 Å². The number of aliphatic carboxylic acids is 2. The number of rotatable bonds is 7. The normalized spacial score (nSPS) is 11.6. The molecule has 0 bridgehead atoms. The van der Waals surface area contributed by atoms with Gasteiger partial charge in [0.1, 0.15) is 17.7 Å². The summed E-state index contributed by atoms with van der Waals surface area (Å²) >= 11 is 0. The number of amides is 1. The molecule has 1 unspecified atom stereocenters. The van der Waals surface area contributed by atoms with Gasteiger partial charge in [-0.1, -0.05) is 49.1 Å². The maximum Gasteiger partial charge on any atom is 0.490 e. The number of carboxylic acid groups (broad SMARTS) is 2. The molecule has 0 aliphatic heterocycles. The van der Waals surface area contributed by atoms with Crippen molar-refractivity contribution < 1.29 is 50.9 Å². The van der Waals surface area contributed by atoms with Crippen molar-refractivity contribution in [3.05, 3.63) is 114 Å². The molecule has 0 radical (unpaired) electrons. The van der Waals surface area contributed by atoms with Crippen LogP contribution in [0.5, 0.6) is 0 Å². The van der Waals surface area contributed by atoms with Gasteiger partial charge in [-0.3, -0.25) is 4.79 Å². The second-order valence-electron chi connectivity index (χ2n) is 9.77. The quantitative estimate of drug-likeness (QED) is 0.105. The third-order valence-electron chi connectivity index (χ3n) is 6.41. The summed E-state index contributed by atoms with van der Waals surface area (Å²) in [6.07, 6.45) is -4.87. The topological polar surface area (TPSA) is 197 Å². The van der Waals surface area contributed by atoms with Crippen LogP contribution >= 0.6 is 0 Å². The van der Waals surface area contributed by atoms with E-state index in [4.69, 9.17) is 36.3 Å². The minimum atomic E-state index is -5.08. The molecule has 0 saturated heterocycles. The van der Waals surface area contributed by atoms with Crippen LogP contribution in [0.2, 0.25) is 0 Å². The average Bonchev–Trinajstić information content (AvgIpc) is 3.53. The van der Waals surface area contributed by atoms with Gasteiger partial charge in [-0.25, -0.2) is 19.6 Å². The molecule has 5 aromatic rings. The first-order valence-corrected chi connectivity index (χ1v) is 13.6. The van der Waals surface area contributed by atoms with E-state index in [1.54, 1.807) is 24.5 Å². The van der Waals surface area contributed by atoms with Crippen LogP contribution in [0.3, 0.4) is 0 Å². The first-order valence-electron chi connectivity index (χ1n) is 13.6. The third-order valence-corrected chi connectivity index (χ3v) is 6.41. The molecule has 256 valence electrons. The van der Waals surface area contributed by atoms with Crippen molar-refractivity contribution in [2.24, 2.45) is 5.73 Å². The predicted molar refractivity (Wildman–Crippen MR) is 168 cm³/mol. The zero-order valence-corrected chi connectivity index (χ0v) is 24.9. The number of aromatic nitrogens is 3. The molecule has 1 amide bonds. The molecular weight excluding hydrogens is 662 g/mol. The van der Waals surface area contributed by atoms with Crippen LogP contribution in [-0.4, -0.2) is 55.4 Å². The summed E-state index contributed by atoms with van der Waals surface area (Å²) in [4.78, 5) is 42.0. The summed E-state index contributed by atoms with van der Waals surface area (Å²) in [5, 5.41) is 19.7. The van der Waals surface area contributed by atoms with Crippen molar-refractivity contribution in [2.45, 2.75) is 18.4 Å². The van der Waals surface area contributed by atoms with Crippen LogP contribution < -0.4 is 16.8 Å². The number of carbonyl (C=O) groups excluding carboxylic acids is 1. The summed E-state index contributed by atoms with van der Waals surface area (Å²) in [6, 6.07) is 22.8. The summed E-state index contributed by atoms with van der Waals surface area (Å²) < 4.78 is 63.5. The number of nitrogens with one attached hydrogen (secondary N) is 2. The Hall–Kier alpha value is -6.39. The Bertz CT molecular complexity index is 1950. The van der Waals surface area contributed by atoms with Gasteiger partial charge in [0.05, 0.1) is 5.69 Å². The van der Waals surface area contributed by atoms with E-state index in [0.29, 0.717) is 28.5 Å². The number of hydrogen-bond donors (Lipinski definition) is 6. The van der Waals surface area contributed by atoms with E-state index in [2.05, 4.69) is 27.9 Å². The molecule has 0 aliphatic rings. The molecule has 0 fully saturated rings. The fraction of sp³-hybridized carbons (Fsp3) is 0.0938. The molecule has 2 aromatic heterocycles. The SMILES string of the molecule is C=Cc1cccc(C(Nc2ccc3c(N)nccc3c2)c2nc(-c3ccccc3C(N)=O)c[nH]2)c1.O=C(O)C(F)(F)F.O=C(O)C(F)(F)F. The van der Waals surface area contributed by atoms with Gasteiger partial charge < -0.3 is 32.0 Å². The molecule has 0 spiro atoms. The third kappa shape index (κ3) is 10.0. The standard InChI is InChI=1S/C28H24N6O.2C2HF3O2/c1-2-17-6-5-7-19(14-17)25(33-20-10-11-21-18(15-20)12-13-31-26(21)29)28-32-16-24(34-28)22-8-3-4-9-23(22)27(30)35;2*3-2(4,5)1(6)7/h2-16,25,33H,1H2,(H2,29,31)(H2,30,35)(H,32,34);2*(H,6,7). The number of primary amides is 1. The predicted octanol–water partition coefficient (Wildman–Crippen LogP) is 6.42. The molecule has 0 aliphatic carbocycles. The first-order chi connectivity index (χ1) is 22.9. The van der Waals surface area contributed by atoms with Crippen LogP contribution in [0.4, 0.5) is 37.8 Å². The number of fused-ring (bicyclic) bond motifs is 1. The Morgan fingerprint density at radius 2 is 1.53 bits per heavy atom. The van der Waals surface area contributed by atoms with Gasteiger partial charge in [0.2, 0.25) is 5.91 Å². The lowest BCUT2D eigenvalue weighted by Gasteiger charge is -2.19. The van der Waals surface area contributed by atoms with Crippen LogP contribution in [0.15, 0.2) is 91.8 Å². The lowest BCUT2D eigenvalue weighted by atomic mass is 10.0. The number of alkyl halides is 6. The van der Waals surface area contributed by atoms with Gasteiger partial charge in [-0.05, 0) is 52.9 Å². The van der Waals surface area contributed by atoms with Crippen molar-refractivity contribution in [1.82, 2.24) is 15.0 Å². The minimum absolute atomic E-state index is 0.305. The molecule has 0 saturated carbocycles. The van der Waals surface area contributed by atoms with Gasteiger partial charge in [-0.2, -0.15) is 26.3 Å². The molecular formula is C32H26F6N6O5. The number of carboxylic acids is 2. The van der Waals surface area contributed by atoms with Crippen molar-refractivity contribution >= 4 is 46.2 Å². The number of aromatic amines is 1. The molecule has 5 rings (SSSR count). The van der Waals surface area contributed by atoms with E-state index < -0.39 is 30.2 Å². The van der Waals surface area contributed by atoms with Gasteiger partial charge >= 0.3 is 24.3 Å². The molecule has 11 nitrogen and oxygen atoms in total.